The van der Waals surface area contributed by atoms with Gasteiger partial charge in [-0.1, -0.05) is 30.3 Å². The van der Waals surface area contributed by atoms with Crippen molar-refractivity contribution in [3.8, 4) is 0 Å². The molecule has 1 N–H and O–H groups in total. The van der Waals surface area contributed by atoms with Crippen molar-refractivity contribution in [1.82, 2.24) is 9.88 Å². The van der Waals surface area contributed by atoms with Gasteiger partial charge in [0.15, 0.2) is 5.13 Å². The second kappa shape index (κ2) is 9.03. The zero-order chi connectivity index (χ0) is 19.2. The molecule has 1 aromatic carbocycles. The van der Waals surface area contributed by atoms with E-state index in [4.69, 9.17) is 9.15 Å². The summed E-state index contributed by atoms with van der Waals surface area (Å²) in [6, 6.07) is 13.7. The van der Waals surface area contributed by atoms with Crippen LogP contribution in [0.2, 0.25) is 0 Å². The quantitative estimate of drug-likeness (QED) is 0.636. The number of rotatable bonds is 7. The topological polar surface area (TPSA) is 67.6 Å². The van der Waals surface area contributed by atoms with Gasteiger partial charge in [0.05, 0.1) is 18.9 Å². The smallest absolute Gasteiger partial charge is 0.324 e. The van der Waals surface area contributed by atoms with Crippen LogP contribution in [0.1, 0.15) is 29.0 Å². The minimum absolute atomic E-state index is 0.0747. The number of carbonyl (C=O) groups is 1. The summed E-state index contributed by atoms with van der Waals surface area (Å²) in [5.41, 5.74) is 1.22. The average Bonchev–Trinajstić information content (AvgIpc) is 3.46. The lowest BCUT2D eigenvalue weighted by atomic mass is 10.1. The van der Waals surface area contributed by atoms with Gasteiger partial charge in [0.1, 0.15) is 5.76 Å². The lowest BCUT2D eigenvalue weighted by molar-refractivity contribution is 0.0803. The molecule has 2 aromatic heterocycles. The molecule has 0 unspecified atom stereocenters. The Balaban J connectivity index is 1.40. The summed E-state index contributed by atoms with van der Waals surface area (Å²) in [7, 11) is 0. The third-order valence-corrected chi connectivity index (χ3v) is 5.56. The number of furan rings is 1. The molecule has 1 aliphatic heterocycles. The number of aromatic nitrogens is 1. The summed E-state index contributed by atoms with van der Waals surface area (Å²) >= 11 is 1.50. The second-order valence-electron chi connectivity index (χ2n) is 6.82. The number of amides is 2. The summed E-state index contributed by atoms with van der Waals surface area (Å²) in [6.45, 7) is 1.70. The fourth-order valence-corrected chi connectivity index (χ4v) is 4.10. The first-order valence-electron chi connectivity index (χ1n) is 9.45. The van der Waals surface area contributed by atoms with E-state index >= 15 is 0 Å². The number of urea groups is 1. The predicted molar refractivity (Wildman–Crippen MR) is 108 cm³/mol. The van der Waals surface area contributed by atoms with Crippen molar-refractivity contribution in [2.75, 3.05) is 18.5 Å². The largest absolute Gasteiger partial charge is 0.467 e. The van der Waals surface area contributed by atoms with Crippen LogP contribution >= 0.6 is 11.3 Å². The number of benzene rings is 1. The Labute approximate surface area is 168 Å². The molecular formula is C21H23N3O3S. The standard InChI is InChI=1S/C21H23N3O3S/c25-21(23-20-22-13-19(28-20)12-16-6-2-1-3-7-16)24(14-17-8-4-10-26-17)15-18-9-5-11-27-18/h1-4,6-8,10,13,18H,5,9,11-12,14-15H2,(H,22,23,25)/t18-/m0/s1. The SMILES string of the molecule is O=C(Nc1ncc(Cc2ccccc2)s1)N(Cc1ccco1)C[C@@H]1CCCO1. The first-order chi connectivity index (χ1) is 13.8. The van der Waals surface area contributed by atoms with Crippen molar-refractivity contribution < 1.29 is 13.9 Å². The molecule has 6 nitrogen and oxygen atoms in total. The Morgan fingerprint density at radius 2 is 2.14 bits per heavy atom. The van der Waals surface area contributed by atoms with Gasteiger partial charge in [-0.15, -0.1) is 11.3 Å². The van der Waals surface area contributed by atoms with Gasteiger partial charge >= 0.3 is 6.03 Å². The molecular weight excluding hydrogens is 374 g/mol. The van der Waals surface area contributed by atoms with E-state index in [1.54, 1.807) is 11.2 Å². The molecule has 0 spiro atoms. The van der Waals surface area contributed by atoms with Crippen molar-refractivity contribution in [3.05, 3.63) is 71.1 Å². The maximum absolute atomic E-state index is 12.9. The monoisotopic (exact) mass is 397 g/mol. The Morgan fingerprint density at radius 3 is 2.89 bits per heavy atom. The van der Waals surface area contributed by atoms with Crippen LogP contribution in [0.15, 0.2) is 59.3 Å². The fourth-order valence-electron chi connectivity index (χ4n) is 3.26. The maximum atomic E-state index is 12.9. The number of hydrogen-bond donors (Lipinski definition) is 1. The van der Waals surface area contributed by atoms with Gasteiger partial charge in [-0.2, -0.15) is 0 Å². The van der Waals surface area contributed by atoms with Crippen molar-refractivity contribution in [2.24, 2.45) is 0 Å². The van der Waals surface area contributed by atoms with E-state index in [1.807, 2.05) is 36.5 Å². The fraction of sp³-hybridized carbons (Fsp3) is 0.333. The molecule has 7 heteroatoms. The van der Waals surface area contributed by atoms with Crippen LogP contribution in [0, 0.1) is 0 Å². The molecule has 28 heavy (non-hydrogen) atoms. The number of nitrogens with one attached hydrogen (secondary N) is 1. The Morgan fingerprint density at radius 1 is 1.25 bits per heavy atom. The van der Waals surface area contributed by atoms with Crippen molar-refractivity contribution >= 4 is 22.5 Å². The van der Waals surface area contributed by atoms with E-state index in [0.717, 1.165) is 36.5 Å². The van der Waals surface area contributed by atoms with Crippen molar-refractivity contribution in [2.45, 2.75) is 31.9 Å². The summed E-state index contributed by atoms with van der Waals surface area (Å²) in [6.07, 6.45) is 6.33. The predicted octanol–water partition coefficient (Wildman–Crippen LogP) is 4.54. The number of nitrogens with zero attached hydrogens (tertiary/aromatic N) is 2. The number of thiazole rings is 1. The van der Waals surface area contributed by atoms with E-state index in [2.05, 4.69) is 22.4 Å². The Bertz CT molecular complexity index is 873. The van der Waals surface area contributed by atoms with Crippen LogP contribution in [0.25, 0.3) is 0 Å². The number of hydrogen-bond acceptors (Lipinski definition) is 5. The summed E-state index contributed by atoms with van der Waals surface area (Å²) in [5, 5.41) is 3.54. The summed E-state index contributed by atoms with van der Waals surface area (Å²) < 4.78 is 11.1. The summed E-state index contributed by atoms with van der Waals surface area (Å²) in [5.74, 6) is 0.747. The average molecular weight is 398 g/mol. The number of anilines is 1. The molecule has 1 aliphatic rings. The van der Waals surface area contributed by atoms with Crippen LogP contribution < -0.4 is 5.32 Å². The third-order valence-electron chi connectivity index (χ3n) is 4.65. The van der Waals surface area contributed by atoms with Crippen molar-refractivity contribution in [3.63, 3.8) is 0 Å². The van der Waals surface area contributed by atoms with Crippen LogP contribution in [0.3, 0.4) is 0 Å². The molecule has 1 saturated heterocycles. The van der Waals surface area contributed by atoms with Gasteiger partial charge < -0.3 is 14.1 Å². The van der Waals surface area contributed by atoms with Crippen LogP contribution in [0.4, 0.5) is 9.93 Å². The third kappa shape index (κ3) is 4.99. The minimum atomic E-state index is -0.187. The number of carbonyl (C=O) groups excluding carboxylic acids is 1. The van der Waals surface area contributed by atoms with Gasteiger partial charge in [0.25, 0.3) is 0 Å². The zero-order valence-electron chi connectivity index (χ0n) is 15.5. The molecule has 0 aliphatic carbocycles. The molecule has 0 radical (unpaired) electrons. The normalized spacial score (nSPS) is 16.2. The van der Waals surface area contributed by atoms with Crippen LogP contribution in [-0.4, -0.2) is 35.2 Å². The van der Waals surface area contributed by atoms with Crippen LogP contribution in [0.5, 0.6) is 0 Å². The maximum Gasteiger partial charge on any atom is 0.324 e. The van der Waals surface area contributed by atoms with E-state index < -0.39 is 0 Å². The minimum Gasteiger partial charge on any atom is -0.467 e. The van der Waals surface area contributed by atoms with Gasteiger partial charge in [-0.3, -0.25) is 5.32 Å². The second-order valence-corrected chi connectivity index (χ2v) is 7.93. The molecule has 4 rings (SSSR count). The molecule has 2 amide bonds. The van der Waals surface area contributed by atoms with E-state index in [9.17, 15) is 4.79 Å². The van der Waals surface area contributed by atoms with Crippen molar-refractivity contribution in [1.29, 1.82) is 0 Å². The van der Waals surface area contributed by atoms with Gasteiger partial charge in [0, 0.05) is 30.6 Å². The molecule has 146 valence electrons. The van der Waals surface area contributed by atoms with Gasteiger partial charge in [-0.25, -0.2) is 9.78 Å². The van der Waals surface area contributed by atoms with Crippen LogP contribution in [-0.2, 0) is 17.7 Å². The number of ether oxygens (including phenoxy) is 1. The highest BCUT2D eigenvalue weighted by Gasteiger charge is 2.24. The zero-order valence-corrected chi connectivity index (χ0v) is 16.4. The van der Waals surface area contributed by atoms with Gasteiger partial charge in [0.2, 0.25) is 0 Å². The first kappa shape index (κ1) is 18.7. The first-order valence-corrected chi connectivity index (χ1v) is 10.3. The highest BCUT2D eigenvalue weighted by Crippen LogP contribution is 2.22. The lowest BCUT2D eigenvalue weighted by Crippen LogP contribution is -2.39. The molecule has 0 saturated carbocycles. The van der Waals surface area contributed by atoms with E-state index in [1.165, 1.54) is 16.9 Å². The summed E-state index contributed by atoms with van der Waals surface area (Å²) in [4.78, 5) is 20.1. The van der Waals surface area contributed by atoms with E-state index in [-0.39, 0.29) is 12.1 Å². The lowest BCUT2D eigenvalue weighted by Gasteiger charge is -2.24. The van der Waals surface area contributed by atoms with E-state index in [0.29, 0.717) is 18.2 Å². The molecule has 1 fully saturated rings. The Kier molecular flexibility index (Phi) is 6.04. The highest BCUT2D eigenvalue weighted by molar-refractivity contribution is 7.15. The highest BCUT2D eigenvalue weighted by atomic mass is 32.1. The molecule has 1 atom stereocenters. The Hall–Kier alpha value is -2.64. The molecule has 3 aromatic rings. The molecule has 3 heterocycles. The molecule has 0 bridgehead atoms. The van der Waals surface area contributed by atoms with Gasteiger partial charge in [-0.05, 0) is 30.5 Å².